The second-order valence-corrected chi connectivity index (χ2v) is 4.05. The van der Waals surface area contributed by atoms with Crippen LogP contribution in [0.2, 0.25) is 0 Å². The summed E-state index contributed by atoms with van der Waals surface area (Å²) in [5, 5.41) is 11.7. The van der Waals surface area contributed by atoms with Gasteiger partial charge in [0.1, 0.15) is 5.75 Å². The van der Waals surface area contributed by atoms with Crippen molar-refractivity contribution in [2.45, 2.75) is 26.3 Å². The van der Waals surface area contributed by atoms with Gasteiger partial charge in [-0.05, 0) is 31.0 Å². The third-order valence-corrected chi connectivity index (χ3v) is 2.71. The summed E-state index contributed by atoms with van der Waals surface area (Å²) in [6.45, 7) is 4.48. The van der Waals surface area contributed by atoms with Crippen molar-refractivity contribution in [3.8, 4) is 5.75 Å². The van der Waals surface area contributed by atoms with Crippen LogP contribution in [0.3, 0.4) is 0 Å². The molecule has 1 atom stereocenters. The predicted octanol–water partition coefficient (Wildman–Crippen LogP) is 2.13. The molecule has 94 valence electrons. The number of aliphatic carboxylic acids is 1. The molecule has 4 heteroatoms. The largest absolute Gasteiger partial charge is 0.496 e. The summed E-state index contributed by atoms with van der Waals surface area (Å²) in [6.07, 6.45) is 0.138. The highest BCUT2D eigenvalue weighted by molar-refractivity contribution is 5.66. The molecule has 4 nitrogen and oxygen atoms in total. The molecular formula is C13H19NO3. The van der Waals surface area contributed by atoms with Crippen LogP contribution in [0.5, 0.6) is 5.75 Å². The molecule has 0 amide bonds. The van der Waals surface area contributed by atoms with Gasteiger partial charge in [-0.3, -0.25) is 4.79 Å². The molecule has 1 rings (SSSR count). The van der Waals surface area contributed by atoms with Gasteiger partial charge in [0, 0.05) is 12.6 Å². The smallest absolute Gasteiger partial charge is 0.304 e. The van der Waals surface area contributed by atoms with E-state index in [1.54, 1.807) is 7.11 Å². The van der Waals surface area contributed by atoms with Crippen LogP contribution >= 0.6 is 0 Å². The molecule has 2 N–H and O–H groups in total. The van der Waals surface area contributed by atoms with Crippen LogP contribution in [0.25, 0.3) is 0 Å². The molecule has 0 aromatic heterocycles. The molecule has 0 saturated heterocycles. The number of aryl methyl sites for hydroxylation is 1. The number of hydrogen-bond acceptors (Lipinski definition) is 3. The van der Waals surface area contributed by atoms with Crippen molar-refractivity contribution in [1.29, 1.82) is 0 Å². The molecule has 0 fully saturated rings. The average Bonchev–Trinajstić information content (AvgIpc) is 2.28. The first kappa shape index (κ1) is 13.5. The zero-order valence-corrected chi connectivity index (χ0v) is 10.5. The van der Waals surface area contributed by atoms with Crippen LogP contribution in [0.4, 0.5) is 0 Å². The number of nitrogens with one attached hydrogen (secondary N) is 1. The van der Waals surface area contributed by atoms with Crippen molar-refractivity contribution in [2.24, 2.45) is 0 Å². The van der Waals surface area contributed by atoms with Gasteiger partial charge in [0.25, 0.3) is 0 Å². The predicted molar refractivity (Wildman–Crippen MR) is 66.4 cm³/mol. The Morgan fingerprint density at radius 3 is 2.76 bits per heavy atom. The quantitative estimate of drug-likeness (QED) is 0.795. The maximum absolute atomic E-state index is 10.4. The molecule has 0 spiro atoms. The molecule has 0 aliphatic carbocycles. The third-order valence-electron chi connectivity index (χ3n) is 2.71. The van der Waals surface area contributed by atoms with Crippen LogP contribution in [0, 0.1) is 6.92 Å². The van der Waals surface area contributed by atoms with Gasteiger partial charge in [0.15, 0.2) is 0 Å². The maximum atomic E-state index is 10.4. The van der Waals surface area contributed by atoms with Crippen LogP contribution in [0.15, 0.2) is 18.2 Å². The minimum absolute atomic E-state index is 0.138. The van der Waals surface area contributed by atoms with E-state index in [1.807, 2.05) is 26.0 Å². The Hall–Kier alpha value is -1.55. The Bertz CT molecular complexity index is 390. The lowest BCUT2D eigenvalue weighted by Crippen LogP contribution is -2.21. The van der Waals surface area contributed by atoms with E-state index in [-0.39, 0.29) is 12.5 Å². The van der Waals surface area contributed by atoms with Crippen LogP contribution in [-0.4, -0.2) is 24.7 Å². The lowest BCUT2D eigenvalue weighted by atomic mass is 10.0. The first-order chi connectivity index (χ1) is 8.04. The standard InChI is InChI=1S/C13H19NO3/c1-9-8-11(4-5-12(9)17-3)10(2)14-7-6-13(15)16/h4-5,8,10,14H,6-7H2,1-3H3,(H,15,16)/t10-/m1/s1. The van der Waals surface area contributed by atoms with Crippen LogP contribution in [0.1, 0.15) is 30.5 Å². The van der Waals surface area contributed by atoms with Crippen molar-refractivity contribution in [1.82, 2.24) is 5.32 Å². The van der Waals surface area contributed by atoms with Crippen molar-refractivity contribution in [3.63, 3.8) is 0 Å². The Morgan fingerprint density at radius 1 is 1.53 bits per heavy atom. The number of methoxy groups -OCH3 is 1. The summed E-state index contributed by atoms with van der Waals surface area (Å²) < 4.78 is 5.19. The van der Waals surface area contributed by atoms with Gasteiger partial charge in [0.2, 0.25) is 0 Å². The normalized spacial score (nSPS) is 12.2. The average molecular weight is 237 g/mol. The van der Waals surface area contributed by atoms with E-state index in [1.165, 1.54) is 0 Å². The summed E-state index contributed by atoms with van der Waals surface area (Å²) in [6, 6.07) is 6.11. The molecule has 0 saturated carbocycles. The van der Waals surface area contributed by atoms with E-state index in [0.717, 1.165) is 16.9 Å². The molecule has 0 unspecified atom stereocenters. The van der Waals surface area contributed by atoms with E-state index in [9.17, 15) is 4.79 Å². The third kappa shape index (κ3) is 4.07. The number of hydrogen-bond donors (Lipinski definition) is 2. The number of benzene rings is 1. The Balaban J connectivity index is 2.59. The minimum atomic E-state index is -0.782. The fourth-order valence-electron chi connectivity index (χ4n) is 1.68. The van der Waals surface area contributed by atoms with Crippen molar-refractivity contribution in [2.75, 3.05) is 13.7 Å². The molecule has 0 radical (unpaired) electrons. The van der Waals surface area contributed by atoms with E-state index in [4.69, 9.17) is 9.84 Å². The van der Waals surface area contributed by atoms with Gasteiger partial charge in [-0.1, -0.05) is 12.1 Å². The summed E-state index contributed by atoms with van der Waals surface area (Å²) >= 11 is 0. The van der Waals surface area contributed by atoms with E-state index >= 15 is 0 Å². The highest BCUT2D eigenvalue weighted by Gasteiger charge is 2.07. The van der Waals surface area contributed by atoms with Gasteiger partial charge in [-0.2, -0.15) is 0 Å². The van der Waals surface area contributed by atoms with Gasteiger partial charge in [-0.15, -0.1) is 0 Å². The zero-order chi connectivity index (χ0) is 12.8. The van der Waals surface area contributed by atoms with Crippen molar-refractivity contribution < 1.29 is 14.6 Å². The summed E-state index contributed by atoms with van der Waals surface area (Å²) in [4.78, 5) is 10.4. The van der Waals surface area contributed by atoms with Gasteiger partial charge >= 0.3 is 5.97 Å². The fourth-order valence-corrected chi connectivity index (χ4v) is 1.68. The molecule has 1 aromatic rings. The lowest BCUT2D eigenvalue weighted by molar-refractivity contribution is -0.136. The summed E-state index contributed by atoms with van der Waals surface area (Å²) in [7, 11) is 1.65. The number of carboxylic acids is 1. The van der Waals surface area contributed by atoms with Crippen LogP contribution in [-0.2, 0) is 4.79 Å². The lowest BCUT2D eigenvalue weighted by Gasteiger charge is -2.15. The number of carbonyl (C=O) groups is 1. The molecule has 0 heterocycles. The van der Waals surface area contributed by atoms with Crippen molar-refractivity contribution >= 4 is 5.97 Å². The van der Waals surface area contributed by atoms with E-state index in [0.29, 0.717) is 6.54 Å². The highest BCUT2D eigenvalue weighted by Crippen LogP contribution is 2.22. The first-order valence-corrected chi connectivity index (χ1v) is 5.64. The topological polar surface area (TPSA) is 58.6 Å². The Morgan fingerprint density at radius 2 is 2.24 bits per heavy atom. The second kappa shape index (κ2) is 6.25. The Labute approximate surface area is 102 Å². The van der Waals surface area contributed by atoms with E-state index in [2.05, 4.69) is 11.4 Å². The number of carboxylic acid groups (broad SMARTS) is 1. The first-order valence-electron chi connectivity index (χ1n) is 5.64. The number of ether oxygens (including phenoxy) is 1. The summed E-state index contributed by atoms with van der Waals surface area (Å²) in [5.74, 6) is 0.0853. The number of rotatable bonds is 6. The van der Waals surface area contributed by atoms with Gasteiger partial charge in [-0.25, -0.2) is 0 Å². The molecule has 0 bridgehead atoms. The van der Waals surface area contributed by atoms with Crippen LogP contribution < -0.4 is 10.1 Å². The molecule has 1 aromatic carbocycles. The molecule has 0 aliphatic heterocycles. The zero-order valence-electron chi connectivity index (χ0n) is 10.5. The van der Waals surface area contributed by atoms with Gasteiger partial charge < -0.3 is 15.2 Å². The van der Waals surface area contributed by atoms with Gasteiger partial charge in [0.05, 0.1) is 13.5 Å². The minimum Gasteiger partial charge on any atom is -0.496 e. The van der Waals surface area contributed by atoms with E-state index < -0.39 is 5.97 Å². The maximum Gasteiger partial charge on any atom is 0.304 e. The fraction of sp³-hybridized carbons (Fsp3) is 0.462. The van der Waals surface area contributed by atoms with Crippen molar-refractivity contribution in [3.05, 3.63) is 29.3 Å². The molecule has 17 heavy (non-hydrogen) atoms. The molecular weight excluding hydrogens is 218 g/mol. The monoisotopic (exact) mass is 237 g/mol. The SMILES string of the molecule is COc1ccc([C@@H](C)NCCC(=O)O)cc1C. The summed E-state index contributed by atoms with van der Waals surface area (Å²) in [5.41, 5.74) is 2.21. The second-order valence-electron chi connectivity index (χ2n) is 4.05. The highest BCUT2D eigenvalue weighted by atomic mass is 16.5. The Kier molecular flexibility index (Phi) is 4.97. The molecule has 0 aliphatic rings.